The summed E-state index contributed by atoms with van der Waals surface area (Å²) in [6.45, 7) is 5.63. The molecule has 1 aromatic heterocycles. The summed E-state index contributed by atoms with van der Waals surface area (Å²) in [6, 6.07) is 2.08. The minimum atomic E-state index is 0.252. The lowest BCUT2D eigenvalue weighted by molar-refractivity contribution is -0.121. The highest BCUT2D eigenvalue weighted by atomic mass is 79.9. The van der Waals surface area contributed by atoms with E-state index in [4.69, 9.17) is 0 Å². The number of carbonyl (C=O) groups is 1. The van der Waals surface area contributed by atoms with Gasteiger partial charge in [0.1, 0.15) is 11.6 Å². The molecule has 1 aliphatic rings. The molecule has 1 saturated heterocycles. The predicted octanol–water partition coefficient (Wildman–Crippen LogP) is 2.96. The highest BCUT2D eigenvalue weighted by Gasteiger charge is 2.23. The van der Waals surface area contributed by atoms with Crippen LogP contribution in [0.4, 0.5) is 5.82 Å². The summed E-state index contributed by atoms with van der Waals surface area (Å²) in [5, 5.41) is 0. The van der Waals surface area contributed by atoms with Gasteiger partial charge >= 0.3 is 0 Å². The number of anilines is 1. The summed E-state index contributed by atoms with van der Waals surface area (Å²) >= 11 is 3.42. The molecule has 0 amide bonds. The van der Waals surface area contributed by atoms with Gasteiger partial charge in [-0.2, -0.15) is 0 Å². The van der Waals surface area contributed by atoms with Crippen LogP contribution >= 0.6 is 15.9 Å². The van der Waals surface area contributed by atoms with E-state index in [0.29, 0.717) is 5.78 Å². The second kappa shape index (κ2) is 5.17. The van der Waals surface area contributed by atoms with Crippen molar-refractivity contribution in [2.75, 3.05) is 18.0 Å². The molecule has 0 saturated carbocycles. The molecule has 17 heavy (non-hydrogen) atoms. The number of pyridine rings is 1. The third kappa shape index (κ3) is 2.86. The monoisotopic (exact) mass is 296 g/mol. The molecule has 0 unspecified atom stereocenters. The van der Waals surface area contributed by atoms with Crippen LogP contribution in [0.2, 0.25) is 0 Å². The molecule has 1 fully saturated rings. The summed E-state index contributed by atoms with van der Waals surface area (Å²) in [5.74, 6) is 1.63. The molecular formula is C13H17BrN2O. The largest absolute Gasteiger partial charge is 0.356 e. The molecule has 0 N–H and O–H groups in total. The molecule has 3 nitrogen and oxygen atoms in total. The first-order valence-corrected chi connectivity index (χ1v) is 6.75. The Balaban J connectivity index is 2.08. The van der Waals surface area contributed by atoms with Gasteiger partial charge in [0, 0.05) is 29.7 Å². The lowest BCUT2D eigenvalue weighted by atomic mass is 9.93. The molecule has 2 rings (SSSR count). The van der Waals surface area contributed by atoms with Crippen LogP contribution in [0.1, 0.15) is 25.3 Å². The Labute approximate surface area is 110 Å². The van der Waals surface area contributed by atoms with E-state index in [2.05, 4.69) is 38.8 Å². The molecule has 0 aromatic carbocycles. The number of ketones is 1. The first-order valence-electron chi connectivity index (χ1n) is 5.95. The van der Waals surface area contributed by atoms with E-state index in [0.717, 1.165) is 36.2 Å². The molecule has 0 spiro atoms. The summed E-state index contributed by atoms with van der Waals surface area (Å²) < 4.78 is 1.01. The normalized spacial score (nSPS) is 17.2. The van der Waals surface area contributed by atoms with E-state index < -0.39 is 0 Å². The first-order chi connectivity index (χ1) is 8.08. The van der Waals surface area contributed by atoms with Crippen molar-refractivity contribution in [2.45, 2.75) is 26.7 Å². The third-order valence-corrected chi connectivity index (χ3v) is 3.82. The van der Waals surface area contributed by atoms with Crippen LogP contribution in [0.15, 0.2) is 16.7 Å². The van der Waals surface area contributed by atoms with Gasteiger partial charge in [-0.1, -0.05) is 0 Å². The van der Waals surface area contributed by atoms with E-state index in [1.54, 1.807) is 6.92 Å². The van der Waals surface area contributed by atoms with Gasteiger partial charge < -0.3 is 4.90 Å². The molecule has 0 aliphatic carbocycles. The number of aromatic nitrogens is 1. The van der Waals surface area contributed by atoms with Crippen molar-refractivity contribution >= 4 is 27.5 Å². The third-order valence-electron chi connectivity index (χ3n) is 3.39. The Morgan fingerprint density at radius 3 is 2.65 bits per heavy atom. The fraction of sp³-hybridized carbons (Fsp3) is 0.538. The van der Waals surface area contributed by atoms with Gasteiger partial charge in [-0.3, -0.25) is 4.79 Å². The zero-order chi connectivity index (χ0) is 12.4. The van der Waals surface area contributed by atoms with Gasteiger partial charge in [0.05, 0.1) is 0 Å². The summed E-state index contributed by atoms with van der Waals surface area (Å²) in [5.41, 5.74) is 1.18. The number of hydrogen-bond donors (Lipinski definition) is 0. The smallest absolute Gasteiger partial charge is 0.133 e. The van der Waals surface area contributed by atoms with E-state index in [1.165, 1.54) is 5.56 Å². The van der Waals surface area contributed by atoms with E-state index in [-0.39, 0.29) is 5.92 Å². The minimum absolute atomic E-state index is 0.252. The molecule has 0 atom stereocenters. The van der Waals surface area contributed by atoms with Crippen LogP contribution in [0.3, 0.4) is 0 Å². The summed E-state index contributed by atoms with van der Waals surface area (Å²) in [4.78, 5) is 18.1. The Morgan fingerprint density at radius 2 is 2.12 bits per heavy atom. The molecule has 0 radical (unpaired) electrons. The van der Waals surface area contributed by atoms with Gasteiger partial charge in [-0.15, -0.1) is 0 Å². The topological polar surface area (TPSA) is 33.2 Å². The Kier molecular flexibility index (Phi) is 3.82. The maximum Gasteiger partial charge on any atom is 0.133 e. The zero-order valence-electron chi connectivity index (χ0n) is 10.2. The molecule has 2 heterocycles. The van der Waals surface area contributed by atoms with Gasteiger partial charge in [-0.25, -0.2) is 4.98 Å². The summed E-state index contributed by atoms with van der Waals surface area (Å²) in [6.07, 6.45) is 3.73. The van der Waals surface area contributed by atoms with Crippen LogP contribution in [0.25, 0.3) is 0 Å². The van der Waals surface area contributed by atoms with Crippen molar-refractivity contribution in [1.29, 1.82) is 0 Å². The maximum atomic E-state index is 11.3. The molecule has 0 bridgehead atoms. The number of hydrogen-bond acceptors (Lipinski definition) is 3. The molecule has 4 heteroatoms. The van der Waals surface area contributed by atoms with Crippen LogP contribution in [0, 0.1) is 12.8 Å². The molecule has 92 valence electrons. The summed E-state index contributed by atoms with van der Waals surface area (Å²) in [7, 11) is 0. The SMILES string of the molecule is CC(=O)C1CCN(c2ncc(Br)cc2C)CC1. The average Bonchev–Trinajstić information content (AvgIpc) is 2.29. The first kappa shape index (κ1) is 12.6. The lowest BCUT2D eigenvalue weighted by Gasteiger charge is -2.32. The lowest BCUT2D eigenvalue weighted by Crippen LogP contribution is -2.36. The maximum absolute atomic E-state index is 11.3. The number of nitrogens with zero attached hydrogens (tertiary/aromatic N) is 2. The van der Waals surface area contributed by atoms with Gasteiger partial charge in [-0.05, 0) is 54.2 Å². The van der Waals surface area contributed by atoms with Gasteiger partial charge in [0.15, 0.2) is 0 Å². The van der Waals surface area contributed by atoms with Crippen molar-refractivity contribution in [2.24, 2.45) is 5.92 Å². The van der Waals surface area contributed by atoms with Crippen LogP contribution < -0.4 is 4.90 Å². The number of carbonyl (C=O) groups excluding carboxylic acids is 1. The number of aryl methyl sites for hydroxylation is 1. The highest BCUT2D eigenvalue weighted by molar-refractivity contribution is 9.10. The van der Waals surface area contributed by atoms with E-state index >= 15 is 0 Å². The second-order valence-corrected chi connectivity index (χ2v) is 5.58. The van der Waals surface area contributed by atoms with Crippen molar-refractivity contribution in [3.05, 3.63) is 22.3 Å². The molecular weight excluding hydrogens is 280 g/mol. The number of piperidine rings is 1. The van der Waals surface area contributed by atoms with Crippen LogP contribution in [0.5, 0.6) is 0 Å². The zero-order valence-corrected chi connectivity index (χ0v) is 11.8. The Bertz CT molecular complexity index is 425. The van der Waals surface area contributed by atoms with E-state index in [9.17, 15) is 4.79 Å². The average molecular weight is 297 g/mol. The fourth-order valence-electron chi connectivity index (χ4n) is 2.36. The fourth-order valence-corrected chi connectivity index (χ4v) is 2.81. The highest BCUT2D eigenvalue weighted by Crippen LogP contribution is 2.26. The number of rotatable bonds is 2. The van der Waals surface area contributed by atoms with Crippen LogP contribution in [-0.2, 0) is 4.79 Å². The van der Waals surface area contributed by atoms with Crippen molar-refractivity contribution < 1.29 is 4.79 Å². The van der Waals surface area contributed by atoms with Crippen LogP contribution in [-0.4, -0.2) is 23.9 Å². The van der Waals surface area contributed by atoms with Crippen molar-refractivity contribution in [1.82, 2.24) is 4.98 Å². The Hall–Kier alpha value is -0.900. The number of halogens is 1. The van der Waals surface area contributed by atoms with Gasteiger partial charge in [0.25, 0.3) is 0 Å². The van der Waals surface area contributed by atoms with E-state index in [1.807, 2.05) is 6.20 Å². The van der Waals surface area contributed by atoms with Crippen molar-refractivity contribution in [3.8, 4) is 0 Å². The second-order valence-electron chi connectivity index (χ2n) is 4.67. The van der Waals surface area contributed by atoms with Crippen molar-refractivity contribution in [3.63, 3.8) is 0 Å². The number of Topliss-reactive ketones (excluding diaryl/α,β-unsaturated/α-hetero) is 1. The Morgan fingerprint density at radius 1 is 1.47 bits per heavy atom. The minimum Gasteiger partial charge on any atom is -0.356 e. The van der Waals surface area contributed by atoms with Gasteiger partial charge in [0.2, 0.25) is 0 Å². The quantitative estimate of drug-likeness (QED) is 0.841. The standard InChI is InChI=1S/C13H17BrN2O/c1-9-7-12(14)8-15-13(9)16-5-3-11(4-6-16)10(2)17/h7-8,11H,3-6H2,1-2H3. The molecule has 1 aliphatic heterocycles. The predicted molar refractivity (Wildman–Crippen MR) is 72.3 cm³/mol. The molecule has 1 aromatic rings.